The molecule has 0 bridgehead atoms. The molecular formula is C24H19NOS. The van der Waals surface area contributed by atoms with Gasteiger partial charge >= 0.3 is 0 Å². The van der Waals surface area contributed by atoms with Crippen LogP contribution in [-0.2, 0) is 0 Å². The Morgan fingerprint density at radius 1 is 0.704 bits per heavy atom. The predicted molar refractivity (Wildman–Crippen MR) is 113 cm³/mol. The number of thioether (sulfide) groups is 1. The topological polar surface area (TPSA) is 29.1 Å². The first-order valence-corrected chi connectivity index (χ1v) is 9.74. The Morgan fingerprint density at radius 2 is 1.33 bits per heavy atom. The van der Waals surface area contributed by atoms with Gasteiger partial charge in [-0.2, -0.15) is 0 Å². The molecule has 0 aliphatic carbocycles. The minimum atomic E-state index is -0.189. The first-order chi connectivity index (χ1) is 13.3. The maximum Gasteiger partial charge on any atom is 0.252 e. The van der Waals surface area contributed by atoms with E-state index in [1.54, 1.807) is 11.8 Å². The fourth-order valence-corrected chi connectivity index (χ4v) is 4.16. The van der Waals surface area contributed by atoms with Crippen molar-refractivity contribution < 1.29 is 4.79 Å². The summed E-state index contributed by atoms with van der Waals surface area (Å²) in [7, 11) is 0. The third kappa shape index (κ3) is 4.04. The van der Waals surface area contributed by atoms with Gasteiger partial charge in [-0.3, -0.25) is 4.79 Å². The first-order valence-electron chi connectivity index (χ1n) is 8.86. The Bertz CT molecular complexity index is 1040. The van der Waals surface area contributed by atoms with Gasteiger partial charge in [0.2, 0.25) is 0 Å². The molecule has 0 aliphatic rings. The van der Waals surface area contributed by atoms with Crippen molar-refractivity contribution in [2.24, 2.45) is 0 Å². The zero-order valence-corrected chi connectivity index (χ0v) is 15.5. The highest BCUT2D eigenvalue weighted by Gasteiger charge is 2.19. The van der Waals surface area contributed by atoms with Crippen LogP contribution in [0.25, 0.3) is 10.8 Å². The molecule has 0 aliphatic heterocycles. The number of benzene rings is 4. The van der Waals surface area contributed by atoms with Crippen molar-refractivity contribution in [3.63, 3.8) is 0 Å². The van der Waals surface area contributed by atoms with Gasteiger partial charge in [-0.05, 0) is 40.6 Å². The molecule has 0 saturated heterocycles. The van der Waals surface area contributed by atoms with Crippen LogP contribution >= 0.6 is 11.8 Å². The van der Waals surface area contributed by atoms with Gasteiger partial charge in [-0.1, -0.05) is 90.6 Å². The maximum atomic E-state index is 12.8. The molecular weight excluding hydrogens is 350 g/mol. The van der Waals surface area contributed by atoms with E-state index < -0.39 is 0 Å². The first kappa shape index (κ1) is 17.4. The van der Waals surface area contributed by atoms with Crippen LogP contribution in [-0.4, -0.2) is 5.91 Å². The quantitative estimate of drug-likeness (QED) is 0.342. The number of hydrogen-bond acceptors (Lipinski definition) is 2. The van der Waals surface area contributed by atoms with Gasteiger partial charge in [0.05, 0.1) is 0 Å². The summed E-state index contributed by atoms with van der Waals surface area (Å²) in [5.74, 6) is -0.0723. The Labute approximate surface area is 163 Å². The summed E-state index contributed by atoms with van der Waals surface area (Å²) in [6.07, 6.45) is 0. The highest BCUT2D eigenvalue weighted by Crippen LogP contribution is 2.36. The van der Waals surface area contributed by atoms with Gasteiger partial charge in [0.25, 0.3) is 5.91 Å². The fourth-order valence-electron chi connectivity index (χ4n) is 3.08. The monoisotopic (exact) mass is 369 g/mol. The molecule has 3 heteroatoms. The van der Waals surface area contributed by atoms with Gasteiger partial charge in [-0.25, -0.2) is 0 Å². The molecule has 27 heavy (non-hydrogen) atoms. The second-order valence-corrected chi connectivity index (χ2v) is 7.40. The van der Waals surface area contributed by atoms with Crippen LogP contribution in [0.2, 0.25) is 0 Å². The van der Waals surface area contributed by atoms with Gasteiger partial charge in [0.1, 0.15) is 5.37 Å². The number of fused-ring (bicyclic) bond motifs is 1. The Balaban J connectivity index is 1.72. The standard InChI is InChI=1S/C24H19NOS/c26-23(19-11-3-1-4-12-19)25-24(27-20-14-5-2-6-15-20)22-17-9-13-18-10-7-8-16-21(18)22/h1-17,24H,(H,25,26). The summed E-state index contributed by atoms with van der Waals surface area (Å²) < 4.78 is 0. The van der Waals surface area contributed by atoms with E-state index in [0.717, 1.165) is 15.8 Å². The molecule has 132 valence electrons. The summed E-state index contributed by atoms with van der Waals surface area (Å²) in [5, 5.41) is 5.35. The second kappa shape index (κ2) is 8.11. The summed E-state index contributed by atoms with van der Waals surface area (Å²) in [6, 6.07) is 34.0. The summed E-state index contributed by atoms with van der Waals surface area (Å²) in [4.78, 5) is 13.9. The lowest BCUT2D eigenvalue weighted by molar-refractivity contribution is 0.0950. The van der Waals surface area contributed by atoms with Crippen molar-refractivity contribution in [1.82, 2.24) is 5.32 Å². The summed E-state index contributed by atoms with van der Waals surface area (Å²) in [5.41, 5.74) is 1.77. The van der Waals surface area contributed by atoms with Gasteiger partial charge < -0.3 is 5.32 Å². The lowest BCUT2D eigenvalue weighted by Gasteiger charge is -2.21. The number of hydrogen-bond donors (Lipinski definition) is 1. The molecule has 0 heterocycles. The van der Waals surface area contributed by atoms with E-state index in [1.165, 1.54) is 5.39 Å². The molecule has 1 unspecified atom stereocenters. The molecule has 1 N–H and O–H groups in total. The molecule has 1 amide bonds. The zero-order valence-electron chi connectivity index (χ0n) is 14.7. The number of carbonyl (C=O) groups is 1. The third-order valence-electron chi connectivity index (χ3n) is 4.40. The fraction of sp³-hybridized carbons (Fsp3) is 0.0417. The molecule has 1 atom stereocenters. The van der Waals surface area contributed by atoms with Crippen LogP contribution in [0.4, 0.5) is 0 Å². The molecule has 2 nitrogen and oxygen atoms in total. The smallest absolute Gasteiger partial charge is 0.252 e. The van der Waals surface area contributed by atoms with Crippen molar-refractivity contribution in [1.29, 1.82) is 0 Å². The summed E-state index contributed by atoms with van der Waals surface area (Å²) in [6.45, 7) is 0. The number of nitrogens with one attached hydrogen (secondary N) is 1. The predicted octanol–water partition coefficient (Wildman–Crippen LogP) is 6.06. The Kier molecular flexibility index (Phi) is 5.22. The normalized spacial score (nSPS) is 11.9. The maximum absolute atomic E-state index is 12.8. The number of carbonyl (C=O) groups excluding carboxylic acids is 1. The number of rotatable bonds is 5. The molecule has 0 spiro atoms. The van der Waals surface area contributed by atoms with E-state index >= 15 is 0 Å². The minimum absolute atomic E-state index is 0.0723. The average molecular weight is 369 g/mol. The lowest BCUT2D eigenvalue weighted by atomic mass is 10.0. The van der Waals surface area contributed by atoms with Crippen molar-refractivity contribution in [2.45, 2.75) is 10.3 Å². The van der Waals surface area contributed by atoms with Crippen LogP contribution in [0.1, 0.15) is 21.3 Å². The average Bonchev–Trinajstić information content (AvgIpc) is 2.74. The minimum Gasteiger partial charge on any atom is -0.336 e. The van der Waals surface area contributed by atoms with E-state index in [-0.39, 0.29) is 11.3 Å². The third-order valence-corrected chi connectivity index (χ3v) is 5.55. The van der Waals surface area contributed by atoms with Crippen LogP contribution in [0, 0.1) is 0 Å². The van der Waals surface area contributed by atoms with Crippen LogP contribution < -0.4 is 5.32 Å². The lowest BCUT2D eigenvalue weighted by Crippen LogP contribution is -2.26. The highest BCUT2D eigenvalue weighted by molar-refractivity contribution is 7.99. The van der Waals surface area contributed by atoms with Gasteiger partial charge in [0, 0.05) is 10.5 Å². The van der Waals surface area contributed by atoms with Gasteiger partial charge in [-0.15, -0.1) is 0 Å². The van der Waals surface area contributed by atoms with Gasteiger partial charge in [0.15, 0.2) is 0 Å². The molecule has 4 aromatic carbocycles. The van der Waals surface area contributed by atoms with Crippen molar-refractivity contribution in [2.75, 3.05) is 0 Å². The second-order valence-electron chi connectivity index (χ2n) is 6.22. The van der Waals surface area contributed by atoms with Crippen molar-refractivity contribution in [3.8, 4) is 0 Å². The molecule has 0 aromatic heterocycles. The Hall–Kier alpha value is -3.04. The molecule has 0 fully saturated rings. The molecule has 0 saturated carbocycles. The van der Waals surface area contributed by atoms with Crippen LogP contribution in [0.5, 0.6) is 0 Å². The van der Waals surface area contributed by atoms with E-state index in [9.17, 15) is 4.79 Å². The van der Waals surface area contributed by atoms with E-state index in [0.29, 0.717) is 5.56 Å². The number of amides is 1. The summed E-state index contributed by atoms with van der Waals surface area (Å²) >= 11 is 1.65. The van der Waals surface area contributed by atoms with E-state index in [4.69, 9.17) is 0 Å². The Morgan fingerprint density at radius 3 is 2.11 bits per heavy atom. The molecule has 4 rings (SSSR count). The van der Waals surface area contributed by atoms with E-state index in [2.05, 4.69) is 41.7 Å². The van der Waals surface area contributed by atoms with E-state index in [1.807, 2.05) is 66.7 Å². The van der Waals surface area contributed by atoms with Crippen LogP contribution in [0.15, 0.2) is 108 Å². The van der Waals surface area contributed by atoms with Crippen molar-refractivity contribution >= 4 is 28.4 Å². The largest absolute Gasteiger partial charge is 0.336 e. The zero-order chi connectivity index (χ0) is 18.5. The highest BCUT2D eigenvalue weighted by atomic mass is 32.2. The van der Waals surface area contributed by atoms with Crippen LogP contribution in [0.3, 0.4) is 0 Å². The molecule has 4 aromatic rings. The SMILES string of the molecule is O=C(NC(Sc1ccccc1)c1cccc2ccccc12)c1ccccc1. The van der Waals surface area contributed by atoms with Crippen molar-refractivity contribution in [3.05, 3.63) is 114 Å². The molecule has 0 radical (unpaired) electrons.